The average Bonchev–Trinajstić information content (AvgIpc) is 2.85. The van der Waals surface area contributed by atoms with Gasteiger partial charge in [-0.2, -0.15) is 0 Å². The summed E-state index contributed by atoms with van der Waals surface area (Å²) in [6, 6.07) is -2.11. The summed E-state index contributed by atoms with van der Waals surface area (Å²) >= 11 is 0. The van der Waals surface area contributed by atoms with E-state index in [1.165, 1.54) is 0 Å². The molecular weight excluding hydrogens is 268 g/mol. The van der Waals surface area contributed by atoms with Crippen molar-refractivity contribution in [2.24, 2.45) is 11.5 Å². The maximum atomic E-state index is 12.2. The third-order valence-corrected chi connectivity index (χ3v) is 3.04. The van der Waals surface area contributed by atoms with Crippen molar-refractivity contribution < 1.29 is 24.3 Å². The van der Waals surface area contributed by atoms with Crippen molar-refractivity contribution >= 4 is 23.7 Å². The van der Waals surface area contributed by atoms with Gasteiger partial charge in [0.2, 0.25) is 17.7 Å². The number of nitrogens with one attached hydrogen (secondary N) is 1. The minimum Gasteiger partial charge on any atom is -0.480 e. The fourth-order valence-corrected chi connectivity index (χ4v) is 2.14. The summed E-state index contributed by atoms with van der Waals surface area (Å²) in [5, 5.41) is 11.3. The highest BCUT2D eigenvalue weighted by Gasteiger charge is 2.37. The van der Waals surface area contributed by atoms with Gasteiger partial charge in [-0.3, -0.25) is 14.4 Å². The molecule has 1 saturated heterocycles. The summed E-state index contributed by atoms with van der Waals surface area (Å²) in [5.74, 6) is -3.13. The molecule has 0 unspecified atom stereocenters. The summed E-state index contributed by atoms with van der Waals surface area (Å²) in [7, 11) is 0. The zero-order valence-corrected chi connectivity index (χ0v) is 10.9. The van der Waals surface area contributed by atoms with Crippen LogP contribution >= 0.6 is 0 Å². The number of carboxylic acid groups (broad SMARTS) is 1. The van der Waals surface area contributed by atoms with E-state index in [2.05, 4.69) is 5.32 Å². The minimum atomic E-state index is -1.18. The lowest BCUT2D eigenvalue weighted by Gasteiger charge is -2.26. The Balaban J connectivity index is 2.83. The molecule has 0 bridgehead atoms. The topological polar surface area (TPSA) is 156 Å². The second-order valence-corrected chi connectivity index (χ2v) is 4.52. The van der Waals surface area contributed by atoms with Crippen molar-refractivity contribution in [2.45, 2.75) is 31.3 Å². The molecule has 20 heavy (non-hydrogen) atoms. The molecule has 1 heterocycles. The van der Waals surface area contributed by atoms with Crippen LogP contribution in [0.1, 0.15) is 19.3 Å². The first-order valence-electron chi connectivity index (χ1n) is 6.17. The second-order valence-electron chi connectivity index (χ2n) is 4.52. The van der Waals surface area contributed by atoms with Gasteiger partial charge in [-0.15, -0.1) is 0 Å². The number of carbonyl (C=O) groups is 4. The van der Waals surface area contributed by atoms with Crippen LogP contribution in [0.3, 0.4) is 0 Å². The molecule has 6 N–H and O–H groups in total. The number of nitrogens with zero attached hydrogens (tertiary/aromatic N) is 1. The number of hydrogen-bond donors (Lipinski definition) is 4. The fraction of sp³-hybridized carbons (Fsp3) is 0.636. The van der Waals surface area contributed by atoms with Crippen molar-refractivity contribution in [1.82, 2.24) is 10.2 Å². The van der Waals surface area contributed by atoms with Gasteiger partial charge in [-0.1, -0.05) is 0 Å². The molecule has 1 aliphatic heterocycles. The van der Waals surface area contributed by atoms with Crippen molar-refractivity contribution in [3.63, 3.8) is 0 Å². The SMILES string of the molecule is NCC(=O)N[C@@H](CC(N)=O)C(=O)N1CCC[C@@H]1C(=O)O. The van der Waals surface area contributed by atoms with E-state index in [-0.39, 0.29) is 13.1 Å². The molecular formula is C11H18N4O5. The van der Waals surface area contributed by atoms with Crippen LogP contribution in [0.15, 0.2) is 0 Å². The number of rotatable bonds is 6. The van der Waals surface area contributed by atoms with Gasteiger partial charge in [-0.05, 0) is 12.8 Å². The molecule has 112 valence electrons. The van der Waals surface area contributed by atoms with E-state index in [1.54, 1.807) is 0 Å². The zero-order valence-electron chi connectivity index (χ0n) is 10.9. The smallest absolute Gasteiger partial charge is 0.326 e. The predicted octanol–water partition coefficient (Wildman–Crippen LogP) is -2.62. The molecule has 0 spiro atoms. The molecule has 0 aromatic carbocycles. The van der Waals surface area contributed by atoms with Crippen LogP contribution in [-0.2, 0) is 19.2 Å². The third-order valence-electron chi connectivity index (χ3n) is 3.04. The number of aliphatic carboxylic acids is 1. The minimum absolute atomic E-state index is 0.267. The van der Waals surface area contributed by atoms with E-state index in [4.69, 9.17) is 16.6 Å². The van der Waals surface area contributed by atoms with Gasteiger partial charge in [-0.25, -0.2) is 4.79 Å². The Morgan fingerprint density at radius 3 is 2.50 bits per heavy atom. The fourth-order valence-electron chi connectivity index (χ4n) is 2.14. The molecule has 2 atom stereocenters. The van der Waals surface area contributed by atoms with Crippen LogP contribution in [0.2, 0.25) is 0 Å². The standard InChI is InChI=1S/C11H18N4O5/c12-5-9(17)14-6(4-8(13)16)10(18)15-3-1-2-7(15)11(19)20/h6-7H,1-5,12H2,(H2,13,16)(H,14,17)(H,19,20)/t6-,7+/m0/s1. The molecule has 1 aliphatic rings. The molecule has 3 amide bonds. The van der Waals surface area contributed by atoms with Gasteiger partial charge < -0.3 is 26.8 Å². The van der Waals surface area contributed by atoms with Crippen molar-refractivity contribution in [3.05, 3.63) is 0 Å². The molecule has 0 saturated carbocycles. The number of primary amides is 1. The lowest BCUT2D eigenvalue weighted by Crippen LogP contribution is -2.53. The summed E-state index contributed by atoms with van der Waals surface area (Å²) < 4.78 is 0. The van der Waals surface area contributed by atoms with E-state index in [9.17, 15) is 19.2 Å². The van der Waals surface area contributed by atoms with Crippen LogP contribution in [0.25, 0.3) is 0 Å². The Kier molecular flexibility index (Phi) is 5.44. The van der Waals surface area contributed by atoms with E-state index < -0.39 is 42.2 Å². The van der Waals surface area contributed by atoms with Crippen molar-refractivity contribution in [3.8, 4) is 0 Å². The zero-order chi connectivity index (χ0) is 15.3. The van der Waals surface area contributed by atoms with Crippen LogP contribution in [0.4, 0.5) is 0 Å². The molecule has 0 aromatic heterocycles. The third kappa shape index (κ3) is 3.92. The lowest BCUT2D eigenvalue weighted by molar-refractivity contribution is -0.149. The summed E-state index contributed by atoms with van der Waals surface area (Å²) in [4.78, 5) is 46.7. The molecule has 0 aliphatic carbocycles. The van der Waals surface area contributed by atoms with Gasteiger partial charge in [0.25, 0.3) is 0 Å². The number of amides is 3. The van der Waals surface area contributed by atoms with Crippen LogP contribution in [0.5, 0.6) is 0 Å². The number of carboxylic acids is 1. The van der Waals surface area contributed by atoms with Gasteiger partial charge in [0.1, 0.15) is 12.1 Å². The Hall–Kier alpha value is -2.16. The molecule has 9 heteroatoms. The number of hydrogen-bond acceptors (Lipinski definition) is 5. The molecule has 1 fully saturated rings. The van der Waals surface area contributed by atoms with Crippen LogP contribution < -0.4 is 16.8 Å². The number of likely N-dealkylation sites (tertiary alicyclic amines) is 1. The predicted molar refractivity (Wildman–Crippen MR) is 67.2 cm³/mol. The van der Waals surface area contributed by atoms with Gasteiger partial charge in [0.05, 0.1) is 13.0 Å². The largest absolute Gasteiger partial charge is 0.480 e. The van der Waals surface area contributed by atoms with E-state index in [0.29, 0.717) is 12.8 Å². The highest BCUT2D eigenvalue weighted by atomic mass is 16.4. The first-order chi connectivity index (χ1) is 9.36. The second kappa shape index (κ2) is 6.85. The number of carbonyl (C=O) groups excluding carboxylic acids is 3. The highest BCUT2D eigenvalue weighted by Crippen LogP contribution is 2.19. The van der Waals surface area contributed by atoms with Gasteiger partial charge >= 0.3 is 5.97 Å². The Bertz CT molecular complexity index is 425. The van der Waals surface area contributed by atoms with Crippen LogP contribution in [-0.4, -0.2) is 58.9 Å². The molecule has 9 nitrogen and oxygen atoms in total. The highest BCUT2D eigenvalue weighted by molar-refractivity contribution is 5.94. The van der Waals surface area contributed by atoms with Crippen LogP contribution in [0, 0.1) is 0 Å². The normalized spacial score (nSPS) is 19.4. The summed E-state index contributed by atoms with van der Waals surface area (Å²) in [5.41, 5.74) is 10.2. The molecule has 0 aromatic rings. The quantitative estimate of drug-likeness (QED) is 0.419. The Morgan fingerprint density at radius 2 is 2.00 bits per heavy atom. The number of nitrogens with two attached hydrogens (primary N) is 2. The summed E-state index contributed by atoms with van der Waals surface area (Å²) in [6.07, 6.45) is 0.499. The van der Waals surface area contributed by atoms with E-state index in [1.807, 2.05) is 0 Å². The Labute approximate surface area is 115 Å². The Morgan fingerprint density at radius 1 is 1.35 bits per heavy atom. The van der Waals surface area contributed by atoms with Gasteiger partial charge in [0, 0.05) is 6.54 Å². The maximum absolute atomic E-state index is 12.2. The monoisotopic (exact) mass is 286 g/mol. The van der Waals surface area contributed by atoms with E-state index >= 15 is 0 Å². The van der Waals surface area contributed by atoms with E-state index in [0.717, 1.165) is 4.90 Å². The average molecular weight is 286 g/mol. The molecule has 1 rings (SSSR count). The van der Waals surface area contributed by atoms with Crippen molar-refractivity contribution in [2.75, 3.05) is 13.1 Å². The lowest BCUT2D eigenvalue weighted by atomic mass is 10.1. The first kappa shape index (κ1) is 15.9. The molecule has 0 radical (unpaired) electrons. The maximum Gasteiger partial charge on any atom is 0.326 e. The summed E-state index contributed by atoms with van der Waals surface area (Å²) in [6.45, 7) is -0.0749. The first-order valence-corrected chi connectivity index (χ1v) is 6.17. The van der Waals surface area contributed by atoms with Gasteiger partial charge in [0.15, 0.2) is 0 Å². The van der Waals surface area contributed by atoms with Crippen molar-refractivity contribution in [1.29, 1.82) is 0 Å².